The minimum Gasteiger partial charge on any atom is -0.491 e. The lowest BCUT2D eigenvalue weighted by molar-refractivity contribution is 0.340. The van der Waals surface area contributed by atoms with Gasteiger partial charge in [-0.3, -0.25) is 4.99 Å². The van der Waals surface area contributed by atoms with Crippen LogP contribution >= 0.6 is 34.8 Å². The predicted octanol–water partition coefficient (Wildman–Crippen LogP) is 6.10. The Hall–Kier alpha value is -1.22. The fourth-order valence-corrected chi connectivity index (χ4v) is 2.54. The summed E-state index contributed by atoms with van der Waals surface area (Å²) in [5.74, 6) is 0.497. The first-order valence-electron chi connectivity index (χ1n) is 6.43. The highest BCUT2D eigenvalue weighted by molar-refractivity contribution is 6.37. The van der Waals surface area contributed by atoms with E-state index in [1.165, 1.54) is 0 Å². The van der Waals surface area contributed by atoms with E-state index >= 15 is 0 Å². The molecule has 2 aromatic carbocycles. The summed E-state index contributed by atoms with van der Waals surface area (Å²) in [5, 5.41) is 1.62. The van der Waals surface area contributed by atoms with Gasteiger partial charge in [0.05, 0.1) is 22.3 Å². The largest absolute Gasteiger partial charge is 0.491 e. The fraction of sp³-hybridized carbons (Fsp3) is 0.188. The molecule has 0 aliphatic rings. The van der Waals surface area contributed by atoms with Crippen LogP contribution in [0.4, 0.5) is 5.69 Å². The molecule has 0 aromatic heterocycles. The van der Waals surface area contributed by atoms with E-state index in [2.05, 4.69) is 4.99 Å². The summed E-state index contributed by atoms with van der Waals surface area (Å²) >= 11 is 18.4. The Kier molecular flexibility index (Phi) is 5.51. The van der Waals surface area contributed by atoms with Gasteiger partial charge in [0.25, 0.3) is 0 Å². The van der Waals surface area contributed by atoms with Crippen LogP contribution in [-0.2, 0) is 0 Å². The summed E-state index contributed by atoms with van der Waals surface area (Å²) in [6, 6.07) is 9.16. The Labute approximate surface area is 139 Å². The number of rotatable bonds is 4. The van der Waals surface area contributed by atoms with Crippen molar-refractivity contribution in [1.29, 1.82) is 0 Å². The van der Waals surface area contributed by atoms with Crippen LogP contribution in [0.5, 0.6) is 5.75 Å². The van der Waals surface area contributed by atoms with Gasteiger partial charge in [-0.05, 0) is 49.2 Å². The highest BCUT2D eigenvalue weighted by atomic mass is 35.5. The molecular formula is C16H14Cl3NO. The highest BCUT2D eigenvalue weighted by Crippen LogP contribution is 2.34. The van der Waals surface area contributed by atoms with Crippen molar-refractivity contribution < 1.29 is 4.74 Å². The highest BCUT2D eigenvalue weighted by Gasteiger charge is 2.08. The van der Waals surface area contributed by atoms with Crippen LogP contribution in [0.15, 0.2) is 35.3 Å². The van der Waals surface area contributed by atoms with Gasteiger partial charge in [-0.15, -0.1) is 0 Å². The monoisotopic (exact) mass is 341 g/mol. The lowest BCUT2D eigenvalue weighted by atomic mass is 10.2. The first-order chi connectivity index (χ1) is 10.0. The summed E-state index contributed by atoms with van der Waals surface area (Å²) in [5.41, 5.74) is 2.58. The minimum atomic E-state index is 0.465. The number of ether oxygens (including phenoxy) is 1. The molecule has 0 saturated carbocycles. The Morgan fingerprint density at radius 3 is 2.29 bits per heavy atom. The van der Waals surface area contributed by atoms with Crippen molar-refractivity contribution in [2.45, 2.75) is 13.8 Å². The molecule has 0 atom stereocenters. The molecule has 0 bridgehead atoms. The van der Waals surface area contributed by atoms with Crippen molar-refractivity contribution >= 4 is 46.7 Å². The van der Waals surface area contributed by atoms with E-state index in [4.69, 9.17) is 39.5 Å². The maximum Gasteiger partial charge on any atom is 0.156 e. The molecule has 0 saturated heterocycles. The minimum absolute atomic E-state index is 0.465. The molecule has 5 heteroatoms. The molecule has 0 N–H and O–H groups in total. The molecule has 0 spiro atoms. The van der Waals surface area contributed by atoms with Crippen LogP contribution in [0.3, 0.4) is 0 Å². The average molecular weight is 343 g/mol. The molecular weight excluding hydrogens is 329 g/mol. The van der Waals surface area contributed by atoms with Crippen molar-refractivity contribution in [3.05, 3.63) is 56.5 Å². The standard InChI is InChI=1S/C16H14Cl3NO/c1-3-21-16-14(18)6-11(7-15(16)19)9-20-12-5-4-10(2)13(17)8-12/h4-9H,3H2,1-2H3. The van der Waals surface area contributed by atoms with E-state index in [1.807, 2.05) is 32.0 Å². The summed E-state index contributed by atoms with van der Waals surface area (Å²) in [6.45, 7) is 4.33. The second-order valence-corrected chi connectivity index (χ2v) is 5.66. The molecule has 0 aliphatic heterocycles. The van der Waals surface area contributed by atoms with Gasteiger partial charge in [-0.1, -0.05) is 40.9 Å². The average Bonchev–Trinajstić information content (AvgIpc) is 2.44. The van der Waals surface area contributed by atoms with Crippen LogP contribution < -0.4 is 4.74 Å². The Bertz CT molecular complexity index is 660. The van der Waals surface area contributed by atoms with Gasteiger partial charge in [0, 0.05) is 11.2 Å². The molecule has 0 amide bonds. The number of aliphatic imine (C=N–C) groups is 1. The van der Waals surface area contributed by atoms with Gasteiger partial charge in [-0.25, -0.2) is 0 Å². The van der Waals surface area contributed by atoms with Gasteiger partial charge >= 0.3 is 0 Å². The van der Waals surface area contributed by atoms with Crippen molar-refractivity contribution in [2.75, 3.05) is 6.61 Å². The van der Waals surface area contributed by atoms with Crippen molar-refractivity contribution in [3.8, 4) is 5.75 Å². The van der Waals surface area contributed by atoms with E-state index in [0.717, 1.165) is 16.8 Å². The molecule has 0 heterocycles. The van der Waals surface area contributed by atoms with E-state index in [1.54, 1.807) is 18.3 Å². The summed E-state index contributed by atoms with van der Waals surface area (Å²) < 4.78 is 5.39. The number of hydrogen-bond donors (Lipinski definition) is 0. The third-order valence-corrected chi connectivity index (χ3v) is 3.80. The molecule has 0 fully saturated rings. The zero-order valence-electron chi connectivity index (χ0n) is 11.7. The maximum atomic E-state index is 6.15. The fourth-order valence-electron chi connectivity index (χ4n) is 1.75. The topological polar surface area (TPSA) is 21.6 Å². The molecule has 2 rings (SSSR count). The van der Waals surface area contributed by atoms with Crippen LogP contribution in [-0.4, -0.2) is 12.8 Å². The van der Waals surface area contributed by atoms with Gasteiger partial charge in [0.2, 0.25) is 0 Å². The lowest BCUT2D eigenvalue weighted by Crippen LogP contribution is -1.94. The Morgan fingerprint density at radius 2 is 1.71 bits per heavy atom. The summed E-state index contributed by atoms with van der Waals surface area (Å²) in [7, 11) is 0. The Balaban J connectivity index is 2.26. The number of hydrogen-bond acceptors (Lipinski definition) is 2. The van der Waals surface area contributed by atoms with E-state index in [9.17, 15) is 0 Å². The second kappa shape index (κ2) is 7.17. The molecule has 0 aliphatic carbocycles. The van der Waals surface area contributed by atoms with Gasteiger partial charge < -0.3 is 4.74 Å². The van der Waals surface area contributed by atoms with Crippen LogP contribution in [0.2, 0.25) is 15.1 Å². The van der Waals surface area contributed by atoms with Gasteiger partial charge in [0.15, 0.2) is 5.75 Å². The number of nitrogens with zero attached hydrogens (tertiary/aromatic N) is 1. The first kappa shape index (κ1) is 16.2. The van der Waals surface area contributed by atoms with Crippen LogP contribution in [0.1, 0.15) is 18.1 Å². The van der Waals surface area contributed by atoms with Crippen molar-refractivity contribution in [3.63, 3.8) is 0 Å². The maximum absolute atomic E-state index is 6.15. The van der Waals surface area contributed by atoms with Gasteiger partial charge in [-0.2, -0.15) is 0 Å². The Morgan fingerprint density at radius 1 is 1.05 bits per heavy atom. The molecule has 2 nitrogen and oxygen atoms in total. The van der Waals surface area contributed by atoms with Crippen molar-refractivity contribution in [1.82, 2.24) is 0 Å². The van der Waals surface area contributed by atoms with E-state index in [-0.39, 0.29) is 0 Å². The predicted molar refractivity (Wildman–Crippen MR) is 91.1 cm³/mol. The van der Waals surface area contributed by atoms with Crippen LogP contribution in [0, 0.1) is 6.92 Å². The molecule has 0 radical (unpaired) electrons. The summed E-state index contributed by atoms with van der Waals surface area (Å²) in [4.78, 5) is 4.37. The summed E-state index contributed by atoms with van der Waals surface area (Å²) in [6.07, 6.45) is 1.69. The number of halogens is 3. The third kappa shape index (κ3) is 4.13. The third-order valence-electron chi connectivity index (χ3n) is 2.83. The zero-order valence-corrected chi connectivity index (χ0v) is 13.9. The normalized spacial score (nSPS) is 11.1. The molecule has 110 valence electrons. The zero-order chi connectivity index (χ0) is 15.4. The van der Waals surface area contributed by atoms with Gasteiger partial charge in [0.1, 0.15) is 0 Å². The van der Waals surface area contributed by atoms with Crippen LogP contribution in [0.25, 0.3) is 0 Å². The quantitative estimate of drug-likeness (QED) is 0.615. The van der Waals surface area contributed by atoms with E-state index < -0.39 is 0 Å². The van der Waals surface area contributed by atoms with Crippen molar-refractivity contribution in [2.24, 2.45) is 4.99 Å². The molecule has 2 aromatic rings. The SMILES string of the molecule is CCOc1c(Cl)cc(C=Nc2ccc(C)c(Cl)c2)cc1Cl. The molecule has 21 heavy (non-hydrogen) atoms. The molecule has 0 unspecified atom stereocenters. The lowest BCUT2D eigenvalue weighted by Gasteiger charge is -2.08. The number of aryl methyl sites for hydroxylation is 1. The smallest absolute Gasteiger partial charge is 0.156 e. The van der Waals surface area contributed by atoms with E-state index in [0.29, 0.717) is 27.4 Å². The second-order valence-electron chi connectivity index (χ2n) is 4.44. The first-order valence-corrected chi connectivity index (χ1v) is 7.56. The number of benzene rings is 2.